The Morgan fingerprint density at radius 3 is 2.33 bits per heavy atom. The van der Waals surface area contributed by atoms with Crippen molar-refractivity contribution in [2.45, 2.75) is 30.7 Å². The van der Waals surface area contributed by atoms with Gasteiger partial charge in [0.1, 0.15) is 16.4 Å². The van der Waals surface area contributed by atoms with Crippen molar-refractivity contribution >= 4 is 9.84 Å². The topological polar surface area (TPSA) is 55.8 Å². The number of hydrogen-bond donors (Lipinski definition) is 0. The molecule has 0 spiro atoms. The molecule has 4 rings (SSSR count). The molecule has 0 bridgehead atoms. The number of hydrogen-bond acceptors (Lipinski definition) is 5. The van der Waals surface area contributed by atoms with E-state index in [4.69, 9.17) is 9.47 Å². The molecule has 0 amide bonds. The SMILES string of the molecule is CS(=O)(=O)C1CCN(Cc2ccc(C3COc4ccccc4O3)cc2)CC1. The zero-order valence-electron chi connectivity index (χ0n) is 15.5. The quantitative estimate of drug-likeness (QED) is 0.806. The number of piperidine rings is 1. The Labute approximate surface area is 160 Å². The molecule has 2 heterocycles. The van der Waals surface area contributed by atoms with E-state index in [1.807, 2.05) is 24.3 Å². The van der Waals surface area contributed by atoms with Gasteiger partial charge in [-0.15, -0.1) is 0 Å². The van der Waals surface area contributed by atoms with Crippen LogP contribution in [-0.2, 0) is 16.4 Å². The number of para-hydroxylation sites is 2. The van der Waals surface area contributed by atoms with E-state index in [9.17, 15) is 8.42 Å². The Bertz CT molecular complexity index is 887. The molecule has 1 unspecified atom stereocenters. The van der Waals surface area contributed by atoms with Crippen LogP contribution in [0, 0.1) is 0 Å². The van der Waals surface area contributed by atoms with Crippen molar-refractivity contribution in [1.82, 2.24) is 4.90 Å². The van der Waals surface area contributed by atoms with Crippen LogP contribution in [0.2, 0.25) is 0 Å². The van der Waals surface area contributed by atoms with E-state index in [0.29, 0.717) is 6.61 Å². The Kier molecular flexibility index (Phi) is 5.10. The summed E-state index contributed by atoms with van der Waals surface area (Å²) in [6.45, 7) is 3.02. The van der Waals surface area contributed by atoms with Gasteiger partial charge < -0.3 is 9.47 Å². The minimum Gasteiger partial charge on any atom is -0.485 e. The van der Waals surface area contributed by atoms with Crippen molar-refractivity contribution in [2.24, 2.45) is 0 Å². The van der Waals surface area contributed by atoms with E-state index in [2.05, 4.69) is 29.2 Å². The first-order valence-electron chi connectivity index (χ1n) is 9.37. The summed E-state index contributed by atoms with van der Waals surface area (Å²) in [5.41, 5.74) is 2.33. The molecule has 5 nitrogen and oxygen atoms in total. The van der Waals surface area contributed by atoms with Gasteiger partial charge in [-0.3, -0.25) is 4.90 Å². The fraction of sp³-hybridized carbons (Fsp3) is 0.429. The molecule has 2 aromatic rings. The highest BCUT2D eigenvalue weighted by Crippen LogP contribution is 2.35. The number of rotatable bonds is 4. The number of benzene rings is 2. The van der Waals surface area contributed by atoms with Crippen molar-refractivity contribution < 1.29 is 17.9 Å². The maximum Gasteiger partial charge on any atom is 0.162 e. The van der Waals surface area contributed by atoms with E-state index in [0.717, 1.165) is 49.5 Å². The number of fused-ring (bicyclic) bond motifs is 1. The minimum atomic E-state index is -2.91. The second kappa shape index (κ2) is 7.52. The predicted octanol–water partition coefficient (Wildman–Crippen LogP) is 3.21. The average molecular weight is 388 g/mol. The van der Waals surface area contributed by atoms with Gasteiger partial charge in [0, 0.05) is 12.8 Å². The second-order valence-corrected chi connectivity index (χ2v) is 9.74. The summed E-state index contributed by atoms with van der Waals surface area (Å²) < 4.78 is 35.2. The number of ether oxygens (including phenoxy) is 2. The molecule has 6 heteroatoms. The van der Waals surface area contributed by atoms with Crippen molar-refractivity contribution in [1.29, 1.82) is 0 Å². The number of sulfone groups is 1. The first kappa shape index (κ1) is 18.3. The zero-order chi connectivity index (χ0) is 18.9. The highest BCUT2D eigenvalue weighted by Gasteiger charge is 2.26. The van der Waals surface area contributed by atoms with Crippen LogP contribution in [-0.4, -0.2) is 44.5 Å². The van der Waals surface area contributed by atoms with Crippen LogP contribution in [0.15, 0.2) is 48.5 Å². The van der Waals surface area contributed by atoms with Crippen LogP contribution in [0.4, 0.5) is 0 Å². The molecule has 0 aliphatic carbocycles. The molecule has 0 saturated carbocycles. The Morgan fingerprint density at radius 2 is 1.67 bits per heavy atom. The van der Waals surface area contributed by atoms with Gasteiger partial charge in [0.15, 0.2) is 17.6 Å². The Balaban J connectivity index is 1.35. The third kappa shape index (κ3) is 4.28. The lowest BCUT2D eigenvalue weighted by atomic mass is 10.0. The average Bonchev–Trinajstić information content (AvgIpc) is 2.68. The van der Waals surface area contributed by atoms with Crippen molar-refractivity contribution in [3.63, 3.8) is 0 Å². The van der Waals surface area contributed by atoms with Crippen molar-refractivity contribution in [3.8, 4) is 11.5 Å². The van der Waals surface area contributed by atoms with Crippen LogP contribution >= 0.6 is 0 Å². The van der Waals surface area contributed by atoms with Gasteiger partial charge in [0.25, 0.3) is 0 Å². The summed E-state index contributed by atoms with van der Waals surface area (Å²) in [5, 5.41) is -0.178. The molecule has 0 radical (unpaired) electrons. The summed E-state index contributed by atoms with van der Waals surface area (Å²) in [7, 11) is -2.91. The fourth-order valence-corrected chi connectivity index (χ4v) is 4.84. The molecule has 1 atom stereocenters. The van der Waals surface area contributed by atoms with Crippen LogP contribution < -0.4 is 9.47 Å². The highest BCUT2D eigenvalue weighted by atomic mass is 32.2. The molecule has 1 fully saturated rings. The monoisotopic (exact) mass is 387 g/mol. The van der Waals surface area contributed by atoms with E-state index in [1.54, 1.807) is 0 Å². The molecule has 2 aliphatic heterocycles. The van der Waals surface area contributed by atoms with Crippen LogP contribution in [0.25, 0.3) is 0 Å². The van der Waals surface area contributed by atoms with Gasteiger partial charge in [-0.1, -0.05) is 36.4 Å². The molecule has 144 valence electrons. The second-order valence-electron chi connectivity index (χ2n) is 7.41. The lowest BCUT2D eigenvalue weighted by Crippen LogP contribution is -2.38. The van der Waals surface area contributed by atoms with Crippen LogP contribution in [0.1, 0.15) is 30.1 Å². The van der Waals surface area contributed by atoms with Gasteiger partial charge in [-0.2, -0.15) is 0 Å². The van der Waals surface area contributed by atoms with Crippen molar-refractivity contribution in [3.05, 3.63) is 59.7 Å². The Hall–Kier alpha value is -2.05. The normalized spacial score (nSPS) is 21.1. The smallest absolute Gasteiger partial charge is 0.162 e. The molecular formula is C21H25NO4S. The molecule has 0 N–H and O–H groups in total. The molecular weight excluding hydrogens is 362 g/mol. The molecule has 27 heavy (non-hydrogen) atoms. The third-order valence-electron chi connectivity index (χ3n) is 5.41. The minimum absolute atomic E-state index is 0.0977. The van der Waals surface area contributed by atoms with E-state index < -0.39 is 9.84 Å². The van der Waals surface area contributed by atoms with E-state index >= 15 is 0 Å². The summed E-state index contributed by atoms with van der Waals surface area (Å²) in [4.78, 5) is 2.33. The first-order chi connectivity index (χ1) is 13.0. The van der Waals surface area contributed by atoms with Gasteiger partial charge in [0.05, 0.1) is 5.25 Å². The van der Waals surface area contributed by atoms with Crippen molar-refractivity contribution in [2.75, 3.05) is 26.0 Å². The molecule has 1 saturated heterocycles. The maximum atomic E-state index is 11.7. The van der Waals surface area contributed by atoms with Gasteiger partial charge in [-0.05, 0) is 49.2 Å². The van der Waals surface area contributed by atoms with E-state index in [-0.39, 0.29) is 11.4 Å². The summed E-state index contributed by atoms with van der Waals surface area (Å²) in [5.74, 6) is 1.58. The fourth-order valence-electron chi connectivity index (χ4n) is 3.78. The molecule has 2 aliphatic rings. The summed E-state index contributed by atoms with van der Waals surface area (Å²) >= 11 is 0. The van der Waals surface area contributed by atoms with Crippen LogP contribution in [0.3, 0.4) is 0 Å². The van der Waals surface area contributed by atoms with Crippen LogP contribution in [0.5, 0.6) is 11.5 Å². The lowest BCUT2D eigenvalue weighted by Gasteiger charge is -2.31. The first-order valence-corrected chi connectivity index (χ1v) is 11.3. The summed E-state index contributed by atoms with van der Waals surface area (Å²) in [6.07, 6.45) is 2.70. The lowest BCUT2D eigenvalue weighted by molar-refractivity contribution is 0.0913. The largest absolute Gasteiger partial charge is 0.485 e. The molecule has 2 aromatic carbocycles. The van der Waals surface area contributed by atoms with Gasteiger partial charge >= 0.3 is 0 Å². The van der Waals surface area contributed by atoms with Gasteiger partial charge in [-0.25, -0.2) is 8.42 Å². The highest BCUT2D eigenvalue weighted by molar-refractivity contribution is 7.91. The maximum absolute atomic E-state index is 11.7. The van der Waals surface area contributed by atoms with E-state index in [1.165, 1.54) is 11.8 Å². The van der Waals surface area contributed by atoms with Gasteiger partial charge in [0.2, 0.25) is 0 Å². The number of likely N-dealkylation sites (tertiary alicyclic amines) is 1. The Morgan fingerprint density at radius 1 is 1.00 bits per heavy atom. The molecule has 0 aromatic heterocycles. The third-order valence-corrected chi connectivity index (χ3v) is 7.09. The number of nitrogens with zero attached hydrogens (tertiary/aromatic N) is 1. The predicted molar refractivity (Wildman–Crippen MR) is 105 cm³/mol. The summed E-state index contributed by atoms with van der Waals surface area (Å²) in [6, 6.07) is 16.2. The zero-order valence-corrected chi connectivity index (χ0v) is 16.3. The standard InChI is InChI=1S/C21H25NO4S/c1-27(23,24)18-10-12-22(13-11-18)14-16-6-8-17(9-7-16)21-15-25-19-4-2-3-5-20(19)26-21/h2-9,18,21H,10-15H2,1H3.